The van der Waals surface area contributed by atoms with Crippen molar-refractivity contribution >= 4 is 38.9 Å². The molecule has 0 spiro atoms. The van der Waals surface area contributed by atoms with Gasteiger partial charge in [0, 0.05) is 33.3 Å². The molecule has 0 bridgehead atoms. The monoisotopic (exact) mass is 790 g/mol. The summed E-state index contributed by atoms with van der Waals surface area (Å²) in [5, 5.41) is 2.42. The molecular formula is C60H42N2. The predicted molar refractivity (Wildman–Crippen MR) is 263 cm³/mol. The number of benzene rings is 10. The Morgan fingerprint density at radius 2 is 0.758 bits per heavy atom. The molecule has 292 valence electrons. The Kier molecular flexibility index (Phi) is 9.57. The molecule has 11 rings (SSSR count). The summed E-state index contributed by atoms with van der Waals surface area (Å²) in [6.07, 6.45) is 0. The molecule has 10 aromatic carbocycles. The van der Waals surface area contributed by atoms with E-state index in [-0.39, 0.29) is 0 Å². The van der Waals surface area contributed by atoms with Crippen LogP contribution in [0.3, 0.4) is 0 Å². The molecule has 0 aliphatic carbocycles. The molecule has 0 atom stereocenters. The third-order valence-electron chi connectivity index (χ3n) is 12.0. The Bertz CT molecular complexity index is 3310. The minimum atomic E-state index is 1.07. The van der Waals surface area contributed by atoms with E-state index in [2.05, 4.69) is 264 Å². The van der Waals surface area contributed by atoms with Crippen LogP contribution in [-0.2, 0) is 0 Å². The molecule has 0 saturated heterocycles. The van der Waals surface area contributed by atoms with E-state index >= 15 is 0 Å². The van der Waals surface area contributed by atoms with Crippen LogP contribution in [0.25, 0.3) is 83.1 Å². The highest BCUT2D eigenvalue weighted by Gasteiger charge is 2.23. The molecule has 0 N–H and O–H groups in total. The van der Waals surface area contributed by atoms with Crippen molar-refractivity contribution in [2.75, 3.05) is 4.90 Å². The van der Waals surface area contributed by atoms with E-state index in [0.717, 1.165) is 39.3 Å². The number of hydrogen-bond donors (Lipinski definition) is 0. The van der Waals surface area contributed by atoms with Crippen molar-refractivity contribution in [2.24, 2.45) is 0 Å². The van der Waals surface area contributed by atoms with Gasteiger partial charge in [0.05, 0.1) is 22.4 Å². The second kappa shape index (κ2) is 16.1. The molecule has 0 aliphatic rings. The van der Waals surface area contributed by atoms with E-state index in [0.29, 0.717) is 0 Å². The highest BCUT2D eigenvalue weighted by Crippen LogP contribution is 2.46. The maximum Gasteiger partial charge on any atom is 0.0562 e. The zero-order chi connectivity index (χ0) is 41.2. The second-order valence-electron chi connectivity index (χ2n) is 15.7. The van der Waals surface area contributed by atoms with Crippen molar-refractivity contribution in [3.8, 4) is 61.3 Å². The first-order chi connectivity index (χ1) is 30.8. The van der Waals surface area contributed by atoms with Crippen molar-refractivity contribution in [1.82, 2.24) is 4.57 Å². The summed E-state index contributed by atoms with van der Waals surface area (Å²) in [5.41, 5.74) is 18.5. The molecule has 0 fully saturated rings. The van der Waals surface area contributed by atoms with Crippen LogP contribution in [0.2, 0.25) is 0 Å². The second-order valence-corrected chi connectivity index (χ2v) is 15.7. The molecule has 0 aliphatic heterocycles. The molecule has 0 amide bonds. The first-order valence-corrected chi connectivity index (χ1v) is 21.3. The van der Waals surface area contributed by atoms with E-state index < -0.39 is 0 Å². The summed E-state index contributed by atoms with van der Waals surface area (Å²) in [5.74, 6) is 0. The van der Waals surface area contributed by atoms with Crippen LogP contribution in [0.1, 0.15) is 0 Å². The van der Waals surface area contributed by atoms with Gasteiger partial charge >= 0.3 is 0 Å². The zero-order valence-corrected chi connectivity index (χ0v) is 34.1. The Morgan fingerprint density at radius 3 is 1.45 bits per heavy atom. The van der Waals surface area contributed by atoms with Crippen LogP contribution in [0, 0.1) is 0 Å². The first kappa shape index (κ1) is 36.8. The summed E-state index contributed by atoms with van der Waals surface area (Å²) >= 11 is 0. The normalized spacial score (nSPS) is 11.2. The number of fused-ring (bicyclic) bond motifs is 3. The SMILES string of the molecule is c1ccc(-c2ccc(N(c3ccc4c5ccccc5n(-c5cccc(-c6ccccc6)c5-c5ccccc5)c4c3)c3ccccc3-c3ccccc3-c3ccccc3)cc2)cc1. The summed E-state index contributed by atoms with van der Waals surface area (Å²) < 4.78 is 2.48. The third kappa shape index (κ3) is 6.65. The molecule has 11 aromatic rings. The van der Waals surface area contributed by atoms with Gasteiger partial charge in [-0.15, -0.1) is 0 Å². The van der Waals surface area contributed by atoms with E-state index in [4.69, 9.17) is 0 Å². The third-order valence-corrected chi connectivity index (χ3v) is 12.0. The molecule has 2 nitrogen and oxygen atoms in total. The van der Waals surface area contributed by atoms with Crippen LogP contribution >= 0.6 is 0 Å². The van der Waals surface area contributed by atoms with Crippen molar-refractivity contribution < 1.29 is 0 Å². The molecule has 0 radical (unpaired) electrons. The van der Waals surface area contributed by atoms with Crippen molar-refractivity contribution in [3.05, 3.63) is 255 Å². The number of anilines is 3. The standard InChI is InChI=1S/C60H42N2/c1-5-20-43(21-6-1)44-36-38-48(39-37-44)61(56-33-17-15-30-53(56)52-29-14-13-28-50(52)45-22-7-2-8-23-45)49-40-41-55-54-31-16-18-34-57(54)62(59(55)42-49)58-35-19-32-51(46-24-9-3-10-25-46)60(58)47-26-11-4-12-27-47/h1-42H. The Balaban J connectivity index is 1.17. The predicted octanol–water partition coefficient (Wildman–Crippen LogP) is 16.6. The lowest BCUT2D eigenvalue weighted by molar-refractivity contribution is 1.18. The summed E-state index contributed by atoms with van der Waals surface area (Å²) in [4.78, 5) is 2.44. The van der Waals surface area contributed by atoms with Crippen molar-refractivity contribution in [2.45, 2.75) is 0 Å². The summed E-state index contributed by atoms with van der Waals surface area (Å²) in [6, 6.07) is 92.1. The van der Waals surface area contributed by atoms with E-state index in [1.54, 1.807) is 0 Å². The van der Waals surface area contributed by atoms with Gasteiger partial charge in [0.2, 0.25) is 0 Å². The first-order valence-electron chi connectivity index (χ1n) is 21.3. The van der Waals surface area contributed by atoms with Gasteiger partial charge in [-0.1, -0.05) is 212 Å². The van der Waals surface area contributed by atoms with Crippen LogP contribution in [-0.4, -0.2) is 4.57 Å². The quantitative estimate of drug-likeness (QED) is 0.141. The van der Waals surface area contributed by atoms with Crippen molar-refractivity contribution in [3.63, 3.8) is 0 Å². The fraction of sp³-hybridized carbons (Fsp3) is 0. The maximum absolute atomic E-state index is 2.48. The van der Waals surface area contributed by atoms with Gasteiger partial charge < -0.3 is 9.47 Å². The molecule has 1 aromatic heterocycles. The number of aromatic nitrogens is 1. The summed E-state index contributed by atoms with van der Waals surface area (Å²) in [6.45, 7) is 0. The zero-order valence-electron chi connectivity index (χ0n) is 34.1. The Hall–Kier alpha value is -8.20. The van der Waals surface area contributed by atoms with Crippen molar-refractivity contribution in [1.29, 1.82) is 0 Å². The molecule has 0 unspecified atom stereocenters. The fourth-order valence-corrected chi connectivity index (χ4v) is 9.20. The molecule has 62 heavy (non-hydrogen) atoms. The van der Waals surface area contributed by atoms with Gasteiger partial charge in [-0.2, -0.15) is 0 Å². The smallest absolute Gasteiger partial charge is 0.0562 e. The Labute approximate surface area is 362 Å². The summed E-state index contributed by atoms with van der Waals surface area (Å²) in [7, 11) is 0. The van der Waals surface area contributed by atoms with Gasteiger partial charge in [-0.05, 0) is 87.0 Å². The largest absolute Gasteiger partial charge is 0.310 e. The van der Waals surface area contributed by atoms with Gasteiger partial charge in [0.1, 0.15) is 0 Å². The van der Waals surface area contributed by atoms with Crippen LogP contribution in [0.5, 0.6) is 0 Å². The highest BCUT2D eigenvalue weighted by molar-refractivity contribution is 6.11. The van der Waals surface area contributed by atoms with E-state index in [1.807, 2.05) is 0 Å². The van der Waals surface area contributed by atoms with Crippen LogP contribution < -0.4 is 4.90 Å². The molecule has 1 heterocycles. The van der Waals surface area contributed by atoms with E-state index in [1.165, 1.54) is 60.8 Å². The van der Waals surface area contributed by atoms with Gasteiger partial charge in [0.15, 0.2) is 0 Å². The molecular weight excluding hydrogens is 749 g/mol. The minimum Gasteiger partial charge on any atom is -0.310 e. The Morgan fingerprint density at radius 1 is 0.274 bits per heavy atom. The number of nitrogens with zero attached hydrogens (tertiary/aromatic N) is 2. The molecule has 0 saturated carbocycles. The lowest BCUT2D eigenvalue weighted by Gasteiger charge is -2.29. The van der Waals surface area contributed by atoms with Gasteiger partial charge in [-0.25, -0.2) is 0 Å². The number of para-hydroxylation sites is 2. The lowest BCUT2D eigenvalue weighted by Crippen LogP contribution is -2.11. The minimum absolute atomic E-state index is 1.07. The highest BCUT2D eigenvalue weighted by atomic mass is 15.1. The topological polar surface area (TPSA) is 8.17 Å². The molecule has 2 heteroatoms. The van der Waals surface area contributed by atoms with E-state index in [9.17, 15) is 0 Å². The average Bonchev–Trinajstić information content (AvgIpc) is 3.69. The maximum atomic E-state index is 2.48. The van der Waals surface area contributed by atoms with Crippen LogP contribution in [0.4, 0.5) is 17.1 Å². The van der Waals surface area contributed by atoms with Gasteiger partial charge in [0.25, 0.3) is 0 Å². The number of hydrogen-bond acceptors (Lipinski definition) is 1. The fourth-order valence-electron chi connectivity index (χ4n) is 9.20. The average molecular weight is 791 g/mol. The lowest BCUT2D eigenvalue weighted by atomic mass is 9.92. The van der Waals surface area contributed by atoms with Crippen LogP contribution in [0.15, 0.2) is 255 Å². The number of rotatable bonds is 9. The van der Waals surface area contributed by atoms with Gasteiger partial charge in [-0.3, -0.25) is 0 Å².